The Bertz CT molecular complexity index is 1070. The lowest BCUT2D eigenvalue weighted by Gasteiger charge is -2.21. The third kappa shape index (κ3) is 8.06. The van der Waals surface area contributed by atoms with E-state index in [2.05, 4.69) is 10.1 Å². The number of benzene rings is 1. The summed E-state index contributed by atoms with van der Waals surface area (Å²) in [5.41, 5.74) is -0.255. The number of nitro groups is 1. The van der Waals surface area contributed by atoms with Crippen molar-refractivity contribution in [2.24, 2.45) is 5.92 Å². The fraction of sp³-hybridized carbons (Fsp3) is 0.550. The minimum absolute atomic E-state index is 0.152. The molecule has 1 aliphatic heterocycles. The Morgan fingerprint density at radius 1 is 1.26 bits per heavy atom. The van der Waals surface area contributed by atoms with E-state index in [0.29, 0.717) is 0 Å². The van der Waals surface area contributed by atoms with Crippen LogP contribution >= 0.6 is 0 Å². The number of carbonyl (C=O) groups excluding carboxylic acids is 3. The predicted molar refractivity (Wildman–Crippen MR) is 117 cm³/mol. The van der Waals surface area contributed by atoms with E-state index in [1.54, 1.807) is 6.92 Å². The van der Waals surface area contributed by atoms with Gasteiger partial charge in [-0.2, -0.15) is 0 Å². The van der Waals surface area contributed by atoms with Crippen molar-refractivity contribution >= 4 is 33.6 Å². The van der Waals surface area contributed by atoms with Crippen molar-refractivity contribution < 1.29 is 51.4 Å². The lowest BCUT2D eigenvalue weighted by atomic mass is 10.0. The van der Waals surface area contributed by atoms with E-state index in [1.807, 2.05) is 0 Å². The van der Waals surface area contributed by atoms with E-state index in [1.165, 1.54) is 12.1 Å². The molecule has 2 rings (SSSR count). The third-order valence-electron chi connectivity index (χ3n) is 4.86. The summed E-state index contributed by atoms with van der Waals surface area (Å²) in [5, 5.41) is 13.9. The summed E-state index contributed by atoms with van der Waals surface area (Å²) < 4.78 is 48.1. The molecule has 0 aromatic heterocycles. The zero-order valence-electron chi connectivity index (χ0n) is 19.4. The lowest BCUT2D eigenvalue weighted by Crippen LogP contribution is -2.35. The van der Waals surface area contributed by atoms with Gasteiger partial charge < -0.3 is 29.0 Å². The monoisotopic (exact) mass is 518 g/mol. The first kappa shape index (κ1) is 27.8. The van der Waals surface area contributed by atoms with Gasteiger partial charge >= 0.3 is 23.7 Å². The molecule has 4 unspecified atom stereocenters. The first-order valence-corrected chi connectivity index (χ1v) is 12.3. The lowest BCUT2D eigenvalue weighted by molar-refractivity contribution is -0.386. The van der Waals surface area contributed by atoms with E-state index in [9.17, 15) is 32.9 Å². The van der Waals surface area contributed by atoms with Crippen molar-refractivity contribution in [3.05, 3.63) is 33.9 Å². The number of methoxy groups -OCH3 is 1. The van der Waals surface area contributed by atoms with Crippen LogP contribution < -0.4 is 10.1 Å². The first-order valence-electron chi connectivity index (χ1n) is 10.2. The number of esters is 2. The molecule has 35 heavy (non-hydrogen) atoms. The number of rotatable bonds is 10. The number of hydrogen-bond donors (Lipinski definition) is 1. The van der Waals surface area contributed by atoms with Crippen molar-refractivity contribution in [2.75, 3.05) is 25.7 Å². The van der Waals surface area contributed by atoms with Gasteiger partial charge in [-0.15, -0.1) is 0 Å². The largest absolute Gasteiger partial charge is 0.467 e. The summed E-state index contributed by atoms with van der Waals surface area (Å²) >= 11 is 0. The van der Waals surface area contributed by atoms with Crippen molar-refractivity contribution in [3.63, 3.8) is 0 Å². The third-order valence-corrected chi connectivity index (χ3v) is 5.80. The zero-order valence-corrected chi connectivity index (χ0v) is 20.2. The maximum atomic E-state index is 12.0. The topological polar surface area (TPSA) is 187 Å². The first-order chi connectivity index (χ1) is 16.3. The molecule has 1 aromatic carbocycles. The van der Waals surface area contributed by atoms with Crippen LogP contribution in [0.25, 0.3) is 0 Å². The molecule has 1 heterocycles. The van der Waals surface area contributed by atoms with Gasteiger partial charge in [-0.05, 0) is 11.6 Å². The highest BCUT2D eigenvalue weighted by molar-refractivity contribution is 7.90. The Hall–Kier alpha value is -3.46. The number of nitrogens with zero attached hydrogens (tertiary/aromatic N) is 1. The van der Waals surface area contributed by atoms with Gasteiger partial charge in [0.05, 0.1) is 17.8 Å². The van der Waals surface area contributed by atoms with E-state index < -0.39 is 62.9 Å². The highest BCUT2D eigenvalue weighted by Gasteiger charge is 2.50. The van der Waals surface area contributed by atoms with E-state index in [0.717, 1.165) is 26.4 Å². The SMILES string of the molecule is COC(=O)C1OC(Oc2ccc(COC(=O)NCCS(C)(=O)=O)cc2[N+](=O)[O-])C(OC(C)=O)C1C. The van der Waals surface area contributed by atoms with Crippen molar-refractivity contribution in [2.45, 2.75) is 39.0 Å². The zero-order chi connectivity index (χ0) is 26.3. The van der Waals surface area contributed by atoms with Crippen LogP contribution in [-0.2, 0) is 45.0 Å². The average Bonchev–Trinajstić information content (AvgIpc) is 3.06. The van der Waals surface area contributed by atoms with E-state index in [-0.39, 0.29) is 30.2 Å². The Morgan fingerprint density at radius 3 is 2.51 bits per heavy atom. The summed E-state index contributed by atoms with van der Waals surface area (Å²) in [6.45, 7) is 2.24. The smallest absolute Gasteiger partial charge is 0.407 e. The second-order valence-electron chi connectivity index (χ2n) is 7.69. The highest BCUT2D eigenvalue weighted by Crippen LogP contribution is 2.35. The predicted octanol–water partition coefficient (Wildman–Crippen LogP) is 0.710. The normalized spacial score (nSPS) is 21.6. The van der Waals surface area contributed by atoms with Crippen LogP contribution in [0.5, 0.6) is 5.75 Å². The van der Waals surface area contributed by atoms with Gasteiger partial charge in [0, 0.05) is 31.7 Å². The van der Waals surface area contributed by atoms with Crippen LogP contribution in [-0.4, -0.2) is 75.5 Å². The number of sulfone groups is 1. The van der Waals surface area contributed by atoms with Crippen LogP contribution in [0.15, 0.2) is 18.2 Å². The molecule has 4 atom stereocenters. The molecule has 0 bridgehead atoms. The van der Waals surface area contributed by atoms with Crippen molar-refractivity contribution in [1.82, 2.24) is 5.32 Å². The van der Waals surface area contributed by atoms with E-state index >= 15 is 0 Å². The molecule has 0 spiro atoms. The van der Waals surface area contributed by atoms with Gasteiger partial charge in [-0.1, -0.05) is 13.0 Å². The second-order valence-corrected chi connectivity index (χ2v) is 9.95. The number of hydrogen-bond acceptors (Lipinski definition) is 12. The molecular formula is C20H26N2O12S. The fourth-order valence-electron chi connectivity index (χ4n) is 3.16. The summed E-state index contributed by atoms with van der Waals surface area (Å²) in [6.07, 6.45) is -3.39. The average molecular weight is 518 g/mol. The molecule has 0 saturated carbocycles. The highest BCUT2D eigenvalue weighted by atomic mass is 32.2. The van der Waals surface area contributed by atoms with Gasteiger partial charge in [0.2, 0.25) is 6.29 Å². The van der Waals surface area contributed by atoms with Crippen LogP contribution in [0.4, 0.5) is 10.5 Å². The van der Waals surface area contributed by atoms with Crippen molar-refractivity contribution in [1.29, 1.82) is 0 Å². The van der Waals surface area contributed by atoms with Gasteiger partial charge in [-0.3, -0.25) is 14.9 Å². The Morgan fingerprint density at radius 2 is 1.94 bits per heavy atom. The molecule has 1 amide bonds. The maximum Gasteiger partial charge on any atom is 0.407 e. The van der Waals surface area contributed by atoms with E-state index in [4.69, 9.17) is 18.9 Å². The minimum Gasteiger partial charge on any atom is -0.467 e. The molecule has 15 heteroatoms. The Labute approximate surface area is 200 Å². The minimum atomic E-state index is -3.26. The summed E-state index contributed by atoms with van der Waals surface area (Å²) in [6, 6.07) is 3.74. The molecule has 14 nitrogen and oxygen atoms in total. The molecule has 1 saturated heterocycles. The fourth-order valence-corrected chi connectivity index (χ4v) is 3.63. The molecule has 1 aromatic rings. The maximum absolute atomic E-state index is 12.0. The standard InChI is InChI=1S/C20H26N2O12S/c1-11-16(18(24)30-3)34-19(17(11)32-12(2)23)33-15-6-5-13(9-14(15)22(26)27)10-31-20(25)21-7-8-35(4,28)29/h5-6,9,11,16-17,19H,7-8,10H2,1-4H3,(H,21,25). The van der Waals surface area contributed by atoms with Crippen molar-refractivity contribution in [3.8, 4) is 5.75 Å². The Kier molecular flexibility index (Phi) is 9.36. The van der Waals surface area contributed by atoms with Crippen LogP contribution in [0.3, 0.4) is 0 Å². The second kappa shape index (κ2) is 11.8. The molecule has 0 aliphatic carbocycles. The Balaban J connectivity index is 2.13. The van der Waals surface area contributed by atoms with Gasteiger partial charge in [0.1, 0.15) is 16.4 Å². The number of alkyl carbamates (subject to hydrolysis) is 1. The summed E-state index contributed by atoms with van der Waals surface area (Å²) in [7, 11) is -2.11. The quantitative estimate of drug-likeness (QED) is 0.198. The molecular weight excluding hydrogens is 492 g/mol. The van der Waals surface area contributed by atoms with Crippen LogP contribution in [0, 0.1) is 16.0 Å². The number of ether oxygens (including phenoxy) is 5. The molecule has 1 aliphatic rings. The molecule has 0 radical (unpaired) electrons. The van der Waals surface area contributed by atoms with Gasteiger partial charge in [0.25, 0.3) is 0 Å². The number of nitrogens with one attached hydrogen (secondary N) is 1. The van der Waals surface area contributed by atoms with Gasteiger partial charge in [-0.25, -0.2) is 18.0 Å². The number of nitro benzene ring substituents is 1. The molecule has 194 valence electrons. The van der Waals surface area contributed by atoms with Gasteiger partial charge in [0.15, 0.2) is 18.0 Å². The summed E-state index contributed by atoms with van der Waals surface area (Å²) in [5.74, 6) is -2.56. The number of amides is 1. The molecule has 1 fully saturated rings. The number of carbonyl (C=O) groups is 3. The van der Waals surface area contributed by atoms with Crippen LogP contribution in [0.1, 0.15) is 19.4 Å². The summed E-state index contributed by atoms with van der Waals surface area (Å²) in [4.78, 5) is 46.1. The molecule has 1 N–H and O–H groups in total. The van der Waals surface area contributed by atoms with Crippen LogP contribution in [0.2, 0.25) is 0 Å².